The van der Waals surface area contributed by atoms with Gasteiger partial charge in [0.25, 0.3) is 0 Å². The summed E-state index contributed by atoms with van der Waals surface area (Å²) in [5, 5.41) is 5.03. The Morgan fingerprint density at radius 3 is 2.53 bits per heavy atom. The van der Waals surface area contributed by atoms with E-state index in [4.69, 9.17) is 0 Å². The lowest BCUT2D eigenvalue weighted by Gasteiger charge is -2.05. The van der Waals surface area contributed by atoms with Gasteiger partial charge in [-0.05, 0) is 40.8 Å². The molecular weight excluding hydrogens is 361 g/mol. The van der Waals surface area contributed by atoms with Gasteiger partial charge in [-0.15, -0.1) is 0 Å². The Balaban J connectivity index is 2.14. The van der Waals surface area contributed by atoms with E-state index in [2.05, 4.69) is 27.7 Å². The molecule has 0 radical (unpaired) electrons. The van der Waals surface area contributed by atoms with Crippen LogP contribution >= 0.6 is 22.6 Å². The first-order valence-corrected chi connectivity index (χ1v) is 6.78. The molecule has 3 aromatic rings. The molecule has 0 aliphatic heterocycles. The van der Waals surface area contributed by atoms with Crippen molar-refractivity contribution < 1.29 is 8.78 Å². The van der Waals surface area contributed by atoms with E-state index in [9.17, 15) is 8.78 Å². The van der Waals surface area contributed by atoms with Crippen molar-refractivity contribution in [2.24, 2.45) is 0 Å². The second-order valence-electron chi connectivity index (χ2n) is 4.18. The Hall–Kier alpha value is -1.50. The summed E-state index contributed by atoms with van der Waals surface area (Å²) in [5.74, 6) is -0.651. The molecule has 0 aliphatic rings. The Labute approximate surface area is 122 Å². The first-order valence-electron chi connectivity index (χ1n) is 5.71. The zero-order chi connectivity index (χ0) is 13.4. The number of hydrogen-bond donors (Lipinski definition) is 0. The number of hydrogen-bond acceptors (Lipinski definition) is 1. The van der Waals surface area contributed by atoms with Crippen molar-refractivity contribution in [1.29, 1.82) is 0 Å². The van der Waals surface area contributed by atoms with E-state index in [1.165, 1.54) is 16.8 Å². The molecule has 0 spiro atoms. The van der Waals surface area contributed by atoms with Gasteiger partial charge in [-0.2, -0.15) is 5.10 Å². The van der Waals surface area contributed by atoms with Crippen LogP contribution in [0.3, 0.4) is 0 Å². The molecule has 0 aliphatic carbocycles. The molecule has 0 saturated heterocycles. The smallest absolute Gasteiger partial charge is 0.149 e. The van der Waals surface area contributed by atoms with Gasteiger partial charge in [0.2, 0.25) is 0 Å². The van der Waals surface area contributed by atoms with Crippen molar-refractivity contribution in [1.82, 2.24) is 9.78 Å². The Morgan fingerprint density at radius 1 is 1.00 bits per heavy atom. The summed E-state index contributed by atoms with van der Waals surface area (Å²) in [5.41, 5.74) is 0.904. The second kappa shape index (κ2) is 4.88. The summed E-state index contributed by atoms with van der Waals surface area (Å²) in [6.45, 7) is 0.215. The molecule has 1 aromatic heterocycles. The predicted molar refractivity (Wildman–Crippen MR) is 77.9 cm³/mol. The van der Waals surface area contributed by atoms with Crippen LogP contribution in [0.15, 0.2) is 42.5 Å². The van der Waals surface area contributed by atoms with Crippen LogP contribution in [-0.2, 0) is 6.54 Å². The maximum Gasteiger partial charge on any atom is 0.149 e. The van der Waals surface area contributed by atoms with Crippen molar-refractivity contribution in [3.63, 3.8) is 0 Å². The third-order valence-electron chi connectivity index (χ3n) is 2.95. The van der Waals surface area contributed by atoms with Gasteiger partial charge in [-0.25, -0.2) is 8.78 Å². The highest BCUT2D eigenvalue weighted by atomic mass is 127. The first kappa shape index (κ1) is 12.5. The van der Waals surface area contributed by atoms with Crippen molar-refractivity contribution in [2.45, 2.75) is 6.54 Å². The molecule has 0 saturated carbocycles. The maximum atomic E-state index is 13.9. The fraction of sp³-hybridized carbons (Fsp3) is 0.0714. The maximum absolute atomic E-state index is 13.9. The molecule has 96 valence electrons. The van der Waals surface area contributed by atoms with Crippen LogP contribution < -0.4 is 0 Å². The first-order chi connectivity index (χ1) is 9.16. The van der Waals surface area contributed by atoms with Gasteiger partial charge >= 0.3 is 0 Å². The summed E-state index contributed by atoms with van der Waals surface area (Å²) in [6, 6.07) is 11.3. The van der Waals surface area contributed by atoms with Crippen LogP contribution in [0.1, 0.15) is 5.56 Å². The molecule has 1 heterocycles. The number of aromatic nitrogens is 2. The Kier molecular flexibility index (Phi) is 3.22. The minimum atomic E-state index is -0.343. The number of para-hydroxylation sites is 1. The van der Waals surface area contributed by atoms with E-state index in [-0.39, 0.29) is 18.2 Å². The number of fused-ring (bicyclic) bond motifs is 1. The third kappa shape index (κ3) is 2.22. The summed E-state index contributed by atoms with van der Waals surface area (Å²) < 4.78 is 29.8. The average Bonchev–Trinajstić information content (AvgIpc) is 2.71. The van der Waals surface area contributed by atoms with Crippen LogP contribution in [0.25, 0.3) is 10.9 Å². The van der Waals surface area contributed by atoms with E-state index in [0.717, 1.165) is 5.39 Å². The number of nitrogens with zero attached hydrogens (tertiary/aromatic N) is 2. The summed E-state index contributed by atoms with van der Waals surface area (Å²) in [6.07, 6.45) is 0. The van der Waals surface area contributed by atoms with E-state index in [1.807, 2.05) is 6.07 Å². The lowest BCUT2D eigenvalue weighted by molar-refractivity contribution is 0.580. The van der Waals surface area contributed by atoms with Gasteiger partial charge in [0, 0.05) is 10.9 Å². The molecule has 5 heteroatoms. The Bertz CT molecular complexity index is 752. The largest absolute Gasteiger partial charge is 0.256 e. The molecule has 2 aromatic carbocycles. The van der Waals surface area contributed by atoms with E-state index in [0.29, 0.717) is 14.8 Å². The fourth-order valence-electron chi connectivity index (χ4n) is 2.06. The normalized spacial score (nSPS) is 11.1. The zero-order valence-corrected chi connectivity index (χ0v) is 11.9. The van der Waals surface area contributed by atoms with Gasteiger partial charge in [-0.1, -0.05) is 24.3 Å². The Morgan fingerprint density at radius 2 is 1.74 bits per heavy atom. The predicted octanol–water partition coefficient (Wildman–Crippen LogP) is 3.97. The highest BCUT2D eigenvalue weighted by molar-refractivity contribution is 14.1. The highest BCUT2D eigenvalue weighted by Crippen LogP contribution is 2.23. The van der Waals surface area contributed by atoms with Gasteiger partial charge in [0.15, 0.2) is 0 Å². The van der Waals surface area contributed by atoms with Crippen LogP contribution in [0, 0.1) is 15.3 Å². The van der Waals surface area contributed by atoms with Crippen molar-refractivity contribution in [3.05, 3.63) is 63.4 Å². The van der Waals surface area contributed by atoms with E-state index >= 15 is 0 Å². The van der Waals surface area contributed by atoms with E-state index in [1.54, 1.807) is 24.3 Å². The molecule has 0 bridgehead atoms. The summed E-state index contributed by atoms with van der Waals surface area (Å²) in [7, 11) is 0. The monoisotopic (exact) mass is 370 g/mol. The fourth-order valence-corrected chi connectivity index (χ4v) is 2.75. The number of benzene rings is 2. The SMILES string of the molecule is Fc1ccccc1Cn1nc(I)c2cccc(F)c21. The molecule has 3 rings (SSSR count). The van der Waals surface area contributed by atoms with Crippen LogP contribution in [-0.4, -0.2) is 9.78 Å². The standard InChI is InChI=1S/C14H9F2IN2/c15-11-6-2-1-4-9(11)8-19-13-10(14(17)18-19)5-3-7-12(13)16/h1-7H,8H2. The van der Waals surface area contributed by atoms with Crippen LogP contribution in [0.4, 0.5) is 8.78 Å². The summed E-state index contributed by atoms with van der Waals surface area (Å²) >= 11 is 2.05. The van der Waals surface area contributed by atoms with Gasteiger partial charge < -0.3 is 0 Å². The average molecular weight is 370 g/mol. The van der Waals surface area contributed by atoms with Crippen LogP contribution in [0.2, 0.25) is 0 Å². The molecule has 0 atom stereocenters. The van der Waals surface area contributed by atoms with Crippen LogP contribution in [0.5, 0.6) is 0 Å². The molecular formula is C14H9F2IN2. The molecule has 19 heavy (non-hydrogen) atoms. The van der Waals surface area contributed by atoms with Gasteiger partial charge in [0.1, 0.15) is 20.9 Å². The lowest BCUT2D eigenvalue weighted by atomic mass is 10.2. The van der Waals surface area contributed by atoms with E-state index < -0.39 is 0 Å². The third-order valence-corrected chi connectivity index (χ3v) is 3.75. The quantitative estimate of drug-likeness (QED) is 0.625. The number of rotatable bonds is 2. The molecule has 0 unspecified atom stereocenters. The molecule has 0 amide bonds. The van der Waals surface area contributed by atoms with Gasteiger partial charge in [0.05, 0.1) is 6.54 Å². The number of halogens is 3. The molecule has 2 nitrogen and oxygen atoms in total. The van der Waals surface area contributed by atoms with Crippen molar-refractivity contribution in [3.8, 4) is 0 Å². The van der Waals surface area contributed by atoms with Gasteiger partial charge in [-0.3, -0.25) is 4.68 Å². The zero-order valence-electron chi connectivity index (χ0n) is 9.78. The topological polar surface area (TPSA) is 17.8 Å². The highest BCUT2D eigenvalue weighted by Gasteiger charge is 2.13. The minimum absolute atomic E-state index is 0.215. The second-order valence-corrected chi connectivity index (χ2v) is 5.20. The minimum Gasteiger partial charge on any atom is -0.256 e. The lowest BCUT2D eigenvalue weighted by Crippen LogP contribution is -2.04. The molecule has 0 fully saturated rings. The molecule has 0 N–H and O–H groups in total. The summed E-state index contributed by atoms with van der Waals surface area (Å²) in [4.78, 5) is 0. The van der Waals surface area contributed by atoms with Crippen molar-refractivity contribution >= 4 is 33.5 Å². The van der Waals surface area contributed by atoms with Crippen molar-refractivity contribution in [2.75, 3.05) is 0 Å².